The number of nitrogens with one attached hydrogen (secondary N) is 1. The molecule has 0 bridgehead atoms. The summed E-state index contributed by atoms with van der Waals surface area (Å²) in [7, 11) is 0. The molecule has 0 aliphatic heterocycles. The second-order valence-corrected chi connectivity index (χ2v) is 4.13. The number of nitrogens with zero attached hydrogens (tertiary/aromatic N) is 1. The molecule has 2 rings (SSSR count). The Kier molecular flexibility index (Phi) is 2.04. The van der Waals surface area contributed by atoms with Crippen LogP contribution >= 0.6 is 0 Å². The van der Waals surface area contributed by atoms with Gasteiger partial charge in [0.05, 0.1) is 11.4 Å². The minimum atomic E-state index is -0.0436. The Labute approximate surface area is 83.2 Å². The number of allylic oxidation sites excluding steroid dienone is 2. The summed E-state index contributed by atoms with van der Waals surface area (Å²) in [6.45, 7) is 4.23. The maximum Gasteiger partial charge on any atom is 0.133 e. The zero-order chi connectivity index (χ0) is 10.2. The molecular weight excluding hydrogens is 176 g/mol. The highest BCUT2D eigenvalue weighted by Gasteiger charge is 2.14. The monoisotopic (exact) mass is 190 g/mol. The fraction of sp³-hybridized carbons (Fsp3) is 0.364. The van der Waals surface area contributed by atoms with Crippen molar-refractivity contribution in [1.29, 1.82) is 0 Å². The van der Waals surface area contributed by atoms with Crippen LogP contribution in [0.25, 0.3) is 12.2 Å². The number of aromatic nitrogens is 2. The first-order chi connectivity index (χ1) is 6.61. The van der Waals surface area contributed by atoms with E-state index in [9.17, 15) is 0 Å². The molecule has 0 fully saturated rings. The molecule has 0 amide bonds. The van der Waals surface area contributed by atoms with E-state index in [1.54, 1.807) is 0 Å². The molecule has 0 radical (unpaired) electrons. The summed E-state index contributed by atoms with van der Waals surface area (Å²) in [4.78, 5) is 7.31. The molecule has 1 aromatic rings. The molecule has 0 aromatic carbocycles. The van der Waals surface area contributed by atoms with Crippen molar-refractivity contribution < 1.29 is 5.11 Å². The standard InChI is InChI=1S/C11H14N2O/c1-11(2)5-3-8-9(4-6-11)13-10(7-14)12-8/h3-6,14H,7H2,1-2H3,(H,12,13). The highest BCUT2D eigenvalue weighted by molar-refractivity contribution is 5.63. The number of fused-ring (bicyclic) bond motifs is 1. The highest BCUT2D eigenvalue weighted by atomic mass is 16.3. The third-order valence-electron chi connectivity index (χ3n) is 2.31. The van der Waals surface area contributed by atoms with Gasteiger partial charge in [-0.3, -0.25) is 0 Å². The molecule has 74 valence electrons. The molecule has 2 N–H and O–H groups in total. The Morgan fingerprint density at radius 3 is 2.79 bits per heavy atom. The first-order valence-electron chi connectivity index (χ1n) is 4.69. The van der Waals surface area contributed by atoms with E-state index in [1.807, 2.05) is 12.2 Å². The van der Waals surface area contributed by atoms with E-state index in [1.165, 1.54) is 0 Å². The highest BCUT2D eigenvalue weighted by Crippen LogP contribution is 2.26. The van der Waals surface area contributed by atoms with Crippen molar-refractivity contribution in [3.8, 4) is 0 Å². The molecule has 0 saturated carbocycles. The first kappa shape index (κ1) is 9.21. The van der Waals surface area contributed by atoms with E-state index in [2.05, 4.69) is 36.0 Å². The number of hydrogen-bond donors (Lipinski definition) is 2. The smallest absolute Gasteiger partial charge is 0.133 e. The lowest BCUT2D eigenvalue weighted by atomic mass is 9.93. The van der Waals surface area contributed by atoms with Crippen molar-refractivity contribution >= 4 is 12.2 Å². The average molecular weight is 190 g/mol. The van der Waals surface area contributed by atoms with Gasteiger partial charge in [-0.05, 0) is 12.2 Å². The third-order valence-corrected chi connectivity index (χ3v) is 2.31. The van der Waals surface area contributed by atoms with Gasteiger partial charge in [-0.1, -0.05) is 26.0 Å². The lowest BCUT2D eigenvalue weighted by molar-refractivity contribution is 0.272. The fourth-order valence-electron chi connectivity index (χ4n) is 1.43. The third kappa shape index (κ3) is 1.63. The van der Waals surface area contributed by atoms with Gasteiger partial charge in [-0.2, -0.15) is 0 Å². The first-order valence-corrected chi connectivity index (χ1v) is 4.69. The van der Waals surface area contributed by atoms with E-state index in [4.69, 9.17) is 5.11 Å². The van der Waals surface area contributed by atoms with E-state index in [0.29, 0.717) is 5.82 Å². The van der Waals surface area contributed by atoms with Crippen molar-refractivity contribution in [2.75, 3.05) is 0 Å². The number of hydrogen-bond acceptors (Lipinski definition) is 2. The van der Waals surface area contributed by atoms with Gasteiger partial charge in [-0.25, -0.2) is 4.98 Å². The Balaban J connectivity index is 2.44. The van der Waals surface area contributed by atoms with Crippen LogP contribution in [0.15, 0.2) is 12.2 Å². The van der Waals surface area contributed by atoms with Gasteiger partial charge in [0.2, 0.25) is 0 Å². The molecule has 0 spiro atoms. The summed E-state index contributed by atoms with van der Waals surface area (Å²) < 4.78 is 0. The predicted octanol–water partition coefficient (Wildman–Crippen LogP) is 1.97. The van der Waals surface area contributed by atoms with E-state index in [-0.39, 0.29) is 12.0 Å². The molecule has 3 heteroatoms. The molecule has 1 heterocycles. The molecule has 1 aliphatic rings. The van der Waals surface area contributed by atoms with Crippen molar-refractivity contribution in [2.24, 2.45) is 5.41 Å². The molecule has 3 nitrogen and oxygen atoms in total. The summed E-state index contributed by atoms with van der Waals surface area (Å²) in [5, 5.41) is 8.92. The lowest BCUT2D eigenvalue weighted by Crippen LogP contribution is -2.00. The Morgan fingerprint density at radius 1 is 1.36 bits per heavy atom. The molecule has 1 aliphatic carbocycles. The minimum Gasteiger partial charge on any atom is -0.388 e. The maximum absolute atomic E-state index is 8.92. The molecule has 0 saturated heterocycles. The van der Waals surface area contributed by atoms with Gasteiger partial charge >= 0.3 is 0 Å². The lowest BCUT2D eigenvalue weighted by Gasteiger charge is -2.12. The van der Waals surface area contributed by atoms with Crippen molar-refractivity contribution in [2.45, 2.75) is 20.5 Å². The van der Waals surface area contributed by atoms with Gasteiger partial charge in [0.1, 0.15) is 12.4 Å². The molecule has 14 heavy (non-hydrogen) atoms. The quantitative estimate of drug-likeness (QED) is 0.711. The molecule has 0 unspecified atom stereocenters. The second kappa shape index (κ2) is 3.10. The van der Waals surface area contributed by atoms with Gasteiger partial charge in [-0.15, -0.1) is 0 Å². The largest absolute Gasteiger partial charge is 0.388 e. The Morgan fingerprint density at radius 2 is 2.07 bits per heavy atom. The minimum absolute atomic E-state index is 0.0436. The maximum atomic E-state index is 8.92. The molecule has 0 atom stereocenters. The molecule has 1 aromatic heterocycles. The average Bonchev–Trinajstić information content (AvgIpc) is 2.49. The van der Waals surface area contributed by atoms with Crippen molar-refractivity contribution in [3.05, 3.63) is 29.4 Å². The van der Waals surface area contributed by atoms with Gasteiger partial charge in [0.25, 0.3) is 0 Å². The predicted molar refractivity (Wildman–Crippen MR) is 56.4 cm³/mol. The van der Waals surface area contributed by atoms with Crippen LogP contribution < -0.4 is 0 Å². The van der Waals surface area contributed by atoms with E-state index in [0.717, 1.165) is 11.4 Å². The summed E-state index contributed by atoms with van der Waals surface area (Å²) in [5.41, 5.74) is 1.94. The topological polar surface area (TPSA) is 48.9 Å². The Hall–Kier alpha value is -1.35. The molecular formula is C11H14N2O. The van der Waals surface area contributed by atoms with Crippen LogP contribution in [0.1, 0.15) is 31.1 Å². The fourth-order valence-corrected chi connectivity index (χ4v) is 1.43. The van der Waals surface area contributed by atoms with E-state index >= 15 is 0 Å². The zero-order valence-corrected chi connectivity index (χ0v) is 8.41. The van der Waals surface area contributed by atoms with Crippen LogP contribution in [0.5, 0.6) is 0 Å². The van der Waals surface area contributed by atoms with Crippen LogP contribution in [0.3, 0.4) is 0 Å². The summed E-state index contributed by atoms with van der Waals surface area (Å²) in [6.07, 6.45) is 8.23. The SMILES string of the molecule is CC1(C)C=Cc2nc(CO)[nH]c2C=C1. The number of aliphatic hydroxyl groups is 1. The number of imidazole rings is 1. The normalized spacial score (nSPS) is 17.9. The van der Waals surface area contributed by atoms with Crippen LogP contribution in [-0.2, 0) is 6.61 Å². The van der Waals surface area contributed by atoms with Gasteiger partial charge in [0, 0.05) is 5.41 Å². The van der Waals surface area contributed by atoms with Crippen LogP contribution in [0.2, 0.25) is 0 Å². The summed E-state index contributed by atoms with van der Waals surface area (Å²) in [5.74, 6) is 0.615. The number of rotatable bonds is 1. The second-order valence-electron chi connectivity index (χ2n) is 4.13. The number of aromatic amines is 1. The number of H-pyrrole nitrogens is 1. The Bertz CT molecular complexity index is 366. The van der Waals surface area contributed by atoms with Crippen LogP contribution in [0, 0.1) is 5.41 Å². The van der Waals surface area contributed by atoms with Crippen molar-refractivity contribution in [1.82, 2.24) is 9.97 Å². The van der Waals surface area contributed by atoms with Crippen molar-refractivity contribution in [3.63, 3.8) is 0 Å². The van der Waals surface area contributed by atoms with Crippen LogP contribution in [0.4, 0.5) is 0 Å². The van der Waals surface area contributed by atoms with E-state index < -0.39 is 0 Å². The van der Waals surface area contributed by atoms with Gasteiger partial charge < -0.3 is 10.1 Å². The summed E-state index contributed by atoms with van der Waals surface area (Å²) in [6, 6.07) is 0. The van der Waals surface area contributed by atoms with Crippen LogP contribution in [-0.4, -0.2) is 15.1 Å². The number of aliphatic hydroxyl groups excluding tert-OH is 1. The zero-order valence-electron chi connectivity index (χ0n) is 8.41. The summed E-state index contributed by atoms with van der Waals surface area (Å²) >= 11 is 0. The van der Waals surface area contributed by atoms with Gasteiger partial charge in [0.15, 0.2) is 0 Å².